The topological polar surface area (TPSA) is 50.4 Å². The van der Waals surface area contributed by atoms with Crippen LogP contribution in [0.5, 0.6) is 5.75 Å². The van der Waals surface area contributed by atoms with Crippen molar-refractivity contribution in [2.24, 2.45) is 5.92 Å². The van der Waals surface area contributed by atoms with Crippen LogP contribution in [0.1, 0.15) is 23.7 Å². The van der Waals surface area contributed by atoms with Gasteiger partial charge in [0.15, 0.2) is 0 Å². The molecule has 2 unspecified atom stereocenters. The Morgan fingerprint density at radius 3 is 2.73 bits per heavy atom. The quantitative estimate of drug-likeness (QED) is 0.915. The van der Waals surface area contributed by atoms with E-state index in [1.807, 2.05) is 36.4 Å². The van der Waals surface area contributed by atoms with Crippen LogP contribution < -0.4 is 15.4 Å². The van der Waals surface area contributed by atoms with Gasteiger partial charge in [0.1, 0.15) is 5.75 Å². The first-order chi connectivity index (χ1) is 10.7. The van der Waals surface area contributed by atoms with Crippen molar-refractivity contribution in [3.63, 3.8) is 0 Å². The second-order valence-electron chi connectivity index (χ2n) is 5.91. The average molecular weight is 298 g/mol. The lowest BCUT2D eigenvalue weighted by Crippen LogP contribution is -2.50. The number of hydrogen-bond acceptors (Lipinski definition) is 3. The largest absolute Gasteiger partial charge is 0.496 e. The summed E-state index contributed by atoms with van der Waals surface area (Å²) in [6, 6.07) is 11.7. The minimum absolute atomic E-state index is 0.0144. The molecule has 116 valence electrons. The SMILES string of the molecule is COc1ccc(C(=O)NC2CNCCC2C)c2ccccc12. The summed E-state index contributed by atoms with van der Waals surface area (Å²) in [5.41, 5.74) is 0.703. The predicted molar refractivity (Wildman–Crippen MR) is 88.4 cm³/mol. The summed E-state index contributed by atoms with van der Waals surface area (Å²) in [6.07, 6.45) is 1.09. The molecule has 22 heavy (non-hydrogen) atoms. The average Bonchev–Trinajstić information content (AvgIpc) is 2.56. The maximum absolute atomic E-state index is 12.7. The molecule has 4 heteroatoms. The van der Waals surface area contributed by atoms with E-state index in [2.05, 4.69) is 17.6 Å². The van der Waals surface area contributed by atoms with Crippen molar-refractivity contribution < 1.29 is 9.53 Å². The monoisotopic (exact) mass is 298 g/mol. The number of carbonyl (C=O) groups is 1. The van der Waals surface area contributed by atoms with Crippen LogP contribution in [0.4, 0.5) is 0 Å². The molecule has 0 aromatic heterocycles. The molecule has 0 aliphatic carbocycles. The van der Waals surface area contributed by atoms with Gasteiger partial charge < -0.3 is 15.4 Å². The Kier molecular flexibility index (Phi) is 4.29. The van der Waals surface area contributed by atoms with Gasteiger partial charge in [-0.25, -0.2) is 0 Å². The van der Waals surface area contributed by atoms with Gasteiger partial charge in [0, 0.05) is 23.5 Å². The second-order valence-corrected chi connectivity index (χ2v) is 5.91. The third-order valence-electron chi connectivity index (χ3n) is 4.49. The number of rotatable bonds is 3. The summed E-state index contributed by atoms with van der Waals surface area (Å²) in [4.78, 5) is 12.7. The van der Waals surface area contributed by atoms with Crippen molar-refractivity contribution in [2.45, 2.75) is 19.4 Å². The standard InChI is InChI=1S/C18H22N2O2/c1-12-9-10-19-11-16(12)20-18(21)15-7-8-17(22-2)14-6-4-3-5-13(14)15/h3-8,12,16,19H,9-11H2,1-2H3,(H,20,21). The van der Waals surface area contributed by atoms with Gasteiger partial charge in [-0.05, 0) is 36.4 Å². The number of benzene rings is 2. The minimum Gasteiger partial charge on any atom is -0.496 e. The third kappa shape index (κ3) is 2.79. The number of carbonyl (C=O) groups excluding carboxylic acids is 1. The van der Waals surface area contributed by atoms with E-state index in [0.717, 1.165) is 36.0 Å². The number of amides is 1. The molecule has 0 radical (unpaired) electrons. The number of hydrogen-bond donors (Lipinski definition) is 2. The zero-order valence-corrected chi connectivity index (χ0v) is 13.1. The van der Waals surface area contributed by atoms with Crippen LogP contribution in [0.25, 0.3) is 10.8 Å². The highest BCUT2D eigenvalue weighted by Gasteiger charge is 2.23. The van der Waals surface area contributed by atoms with Crippen LogP contribution in [0.15, 0.2) is 36.4 Å². The molecule has 2 atom stereocenters. The fourth-order valence-corrected chi connectivity index (χ4v) is 3.08. The molecular formula is C18H22N2O2. The molecule has 0 saturated carbocycles. The van der Waals surface area contributed by atoms with Gasteiger partial charge in [-0.1, -0.05) is 31.2 Å². The van der Waals surface area contributed by atoms with Crippen LogP contribution in [0.2, 0.25) is 0 Å². The summed E-state index contributed by atoms with van der Waals surface area (Å²) >= 11 is 0. The van der Waals surface area contributed by atoms with Crippen LogP contribution in [0.3, 0.4) is 0 Å². The highest BCUT2D eigenvalue weighted by atomic mass is 16.5. The van der Waals surface area contributed by atoms with Crippen LogP contribution in [0, 0.1) is 5.92 Å². The fourth-order valence-electron chi connectivity index (χ4n) is 3.08. The second kappa shape index (κ2) is 6.36. The zero-order chi connectivity index (χ0) is 15.5. The molecule has 2 N–H and O–H groups in total. The van der Waals surface area contributed by atoms with Crippen LogP contribution >= 0.6 is 0 Å². The van der Waals surface area contributed by atoms with Gasteiger partial charge in [-0.3, -0.25) is 4.79 Å². The van der Waals surface area contributed by atoms with Gasteiger partial charge in [0.25, 0.3) is 5.91 Å². The van der Waals surface area contributed by atoms with E-state index >= 15 is 0 Å². The molecule has 1 amide bonds. The highest BCUT2D eigenvalue weighted by molar-refractivity contribution is 6.08. The summed E-state index contributed by atoms with van der Waals surface area (Å²) in [6.45, 7) is 4.05. The van der Waals surface area contributed by atoms with E-state index in [1.54, 1.807) is 7.11 Å². The lowest BCUT2D eigenvalue weighted by molar-refractivity contribution is 0.0917. The van der Waals surface area contributed by atoms with Gasteiger partial charge in [0.05, 0.1) is 7.11 Å². The third-order valence-corrected chi connectivity index (χ3v) is 4.49. The molecule has 3 rings (SSSR count). The lowest BCUT2D eigenvalue weighted by Gasteiger charge is -2.30. The molecule has 1 aliphatic rings. The zero-order valence-electron chi connectivity index (χ0n) is 13.1. The molecule has 2 aromatic carbocycles. The summed E-state index contributed by atoms with van der Waals surface area (Å²) < 4.78 is 5.39. The van der Waals surface area contributed by atoms with Gasteiger partial charge >= 0.3 is 0 Å². The molecule has 1 fully saturated rings. The summed E-state index contributed by atoms with van der Waals surface area (Å²) in [7, 11) is 1.65. The van der Waals surface area contributed by atoms with Crippen LogP contribution in [-0.4, -0.2) is 32.1 Å². The smallest absolute Gasteiger partial charge is 0.252 e. The van der Waals surface area contributed by atoms with Crippen molar-refractivity contribution in [2.75, 3.05) is 20.2 Å². The Balaban J connectivity index is 1.91. The first kappa shape index (κ1) is 14.9. The van der Waals surface area contributed by atoms with E-state index in [0.29, 0.717) is 11.5 Å². The van der Waals surface area contributed by atoms with E-state index in [4.69, 9.17) is 4.74 Å². The fraction of sp³-hybridized carbons (Fsp3) is 0.389. The summed E-state index contributed by atoms with van der Waals surface area (Å²) in [5, 5.41) is 8.41. The van der Waals surface area contributed by atoms with Gasteiger partial charge in [-0.2, -0.15) is 0 Å². The van der Waals surface area contributed by atoms with Crippen molar-refractivity contribution in [1.82, 2.24) is 10.6 Å². The lowest BCUT2D eigenvalue weighted by atomic mass is 9.94. The molecule has 1 saturated heterocycles. The van der Waals surface area contributed by atoms with E-state index < -0.39 is 0 Å². The minimum atomic E-state index is -0.0144. The number of piperidine rings is 1. The Bertz CT molecular complexity index is 684. The number of methoxy groups -OCH3 is 1. The summed E-state index contributed by atoms with van der Waals surface area (Å²) in [5.74, 6) is 1.27. The highest BCUT2D eigenvalue weighted by Crippen LogP contribution is 2.28. The molecule has 0 bridgehead atoms. The molecule has 1 aliphatic heterocycles. The van der Waals surface area contributed by atoms with E-state index in [1.165, 1.54) is 0 Å². The Hall–Kier alpha value is -2.07. The number of fused-ring (bicyclic) bond motifs is 1. The van der Waals surface area contributed by atoms with Crippen molar-refractivity contribution >= 4 is 16.7 Å². The molecule has 2 aromatic rings. The predicted octanol–water partition coefficient (Wildman–Crippen LogP) is 2.58. The first-order valence-electron chi connectivity index (χ1n) is 7.78. The van der Waals surface area contributed by atoms with E-state index in [-0.39, 0.29) is 11.9 Å². The molecule has 1 heterocycles. The first-order valence-corrected chi connectivity index (χ1v) is 7.78. The Morgan fingerprint density at radius 2 is 2.00 bits per heavy atom. The Labute approximate surface area is 130 Å². The number of nitrogens with one attached hydrogen (secondary N) is 2. The number of ether oxygens (including phenoxy) is 1. The molecular weight excluding hydrogens is 276 g/mol. The Morgan fingerprint density at radius 1 is 1.23 bits per heavy atom. The molecule has 4 nitrogen and oxygen atoms in total. The van der Waals surface area contributed by atoms with E-state index in [9.17, 15) is 4.79 Å². The van der Waals surface area contributed by atoms with Gasteiger partial charge in [0.2, 0.25) is 0 Å². The van der Waals surface area contributed by atoms with Crippen molar-refractivity contribution in [3.8, 4) is 5.75 Å². The van der Waals surface area contributed by atoms with Crippen molar-refractivity contribution in [3.05, 3.63) is 42.0 Å². The maximum Gasteiger partial charge on any atom is 0.252 e. The maximum atomic E-state index is 12.7. The van der Waals surface area contributed by atoms with Crippen LogP contribution in [-0.2, 0) is 0 Å². The normalized spacial score (nSPS) is 21.5. The van der Waals surface area contributed by atoms with Crippen molar-refractivity contribution in [1.29, 1.82) is 0 Å². The van der Waals surface area contributed by atoms with Gasteiger partial charge in [-0.15, -0.1) is 0 Å². The molecule has 0 spiro atoms.